The minimum atomic E-state index is -0.504. The molecule has 2 aromatic carbocycles. The van der Waals surface area contributed by atoms with E-state index in [0.717, 1.165) is 15.6 Å². The number of benzene rings is 2. The van der Waals surface area contributed by atoms with Gasteiger partial charge in [-0.25, -0.2) is 0 Å². The topological polar surface area (TPSA) is 84.0 Å². The number of rotatable bonds is 4. The van der Waals surface area contributed by atoms with Crippen LogP contribution < -0.4 is 0 Å². The summed E-state index contributed by atoms with van der Waals surface area (Å²) in [4.78, 5) is 23.5. The van der Waals surface area contributed by atoms with Gasteiger partial charge in [-0.15, -0.1) is 11.3 Å². The summed E-state index contributed by atoms with van der Waals surface area (Å²) in [5, 5.41) is 21.6. The molecule has 7 heteroatoms. The lowest BCUT2D eigenvalue weighted by Crippen LogP contribution is -2.01. The number of halogens is 1. The van der Waals surface area contributed by atoms with E-state index in [1.165, 1.54) is 41.7 Å². The number of aryl methyl sites for hydroxylation is 1. The number of fused-ring (bicyclic) bond motifs is 1. The number of nitro groups is 1. The van der Waals surface area contributed by atoms with Crippen LogP contribution in [-0.4, -0.2) is 10.7 Å². The zero-order chi connectivity index (χ0) is 18.8. The molecule has 0 amide bonds. The predicted octanol–water partition coefficient (Wildman–Crippen LogP) is 5.56. The lowest BCUT2D eigenvalue weighted by Gasteiger charge is -1.99. The molecule has 3 aromatic rings. The van der Waals surface area contributed by atoms with E-state index in [9.17, 15) is 20.2 Å². The number of nitriles is 1. The Bertz CT molecular complexity index is 1110. The van der Waals surface area contributed by atoms with E-state index in [0.29, 0.717) is 15.5 Å². The third-order valence-corrected chi connectivity index (χ3v) is 5.39. The van der Waals surface area contributed by atoms with Crippen molar-refractivity contribution in [3.63, 3.8) is 0 Å². The van der Waals surface area contributed by atoms with Gasteiger partial charge in [-0.05, 0) is 59.8 Å². The molecule has 0 spiro atoms. The van der Waals surface area contributed by atoms with Crippen LogP contribution in [0.1, 0.15) is 20.8 Å². The molecule has 128 valence electrons. The number of thiophene rings is 1. The predicted molar refractivity (Wildman–Crippen MR) is 103 cm³/mol. The number of hydrogen-bond acceptors (Lipinski definition) is 5. The molecule has 26 heavy (non-hydrogen) atoms. The van der Waals surface area contributed by atoms with Crippen molar-refractivity contribution in [2.24, 2.45) is 0 Å². The van der Waals surface area contributed by atoms with E-state index in [1.54, 1.807) is 12.1 Å². The maximum Gasteiger partial charge on any atom is 0.269 e. The quantitative estimate of drug-likeness (QED) is 0.194. The Labute approximate surface area is 157 Å². The van der Waals surface area contributed by atoms with Gasteiger partial charge < -0.3 is 0 Å². The Balaban J connectivity index is 2.00. The standard InChI is InChI=1S/C19H11ClN2O3S/c1-11-16-9-14(20)4-7-17(16)26-19(11)18(23)13(10-21)8-12-2-5-15(6-3-12)22(24)25/h2-9H,1H3/b13-8-. The lowest BCUT2D eigenvalue weighted by molar-refractivity contribution is -0.384. The lowest BCUT2D eigenvalue weighted by atomic mass is 10.0. The van der Waals surface area contributed by atoms with Gasteiger partial charge >= 0.3 is 0 Å². The van der Waals surface area contributed by atoms with E-state index in [-0.39, 0.29) is 17.0 Å². The molecular weight excluding hydrogens is 372 g/mol. The van der Waals surface area contributed by atoms with Gasteiger partial charge in [-0.1, -0.05) is 11.6 Å². The monoisotopic (exact) mass is 382 g/mol. The molecular formula is C19H11ClN2O3S. The van der Waals surface area contributed by atoms with Gasteiger partial charge in [0.25, 0.3) is 5.69 Å². The van der Waals surface area contributed by atoms with E-state index in [2.05, 4.69) is 0 Å². The zero-order valence-electron chi connectivity index (χ0n) is 13.5. The van der Waals surface area contributed by atoms with Crippen molar-refractivity contribution >= 4 is 50.6 Å². The third-order valence-electron chi connectivity index (χ3n) is 3.88. The van der Waals surface area contributed by atoms with Crippen molar-refractivity contribution in [1.82, 2.24) is 0 Å². The van der Waals surface area contributed by atoms with Crippen LogP contribution in [0, 0.1) is 28.4 Å². The number of carbonyl (C=O) groups excluding carboxylic acids is 1. The fraction of sp³-hybridized carbons (Fsp3) is 0.0526. The third kappa shape index (κ3) is 3.36. The highest BCUT2D eigenvalue weighted by molar-refractivity contribution is 7.21. The molecule has 0 saturated heterocycles. The Morgan fingerprint density at radius 1 is 1.27 bits per heavy atom. The van der Waals surface area contributed by atoms with Gasteiger partial charge in [0.1, 0.15) is 11.6 Å². The molecule has 0 saturated carbocycles. The Hall–Kier alpha value is -3.01. The molecule has 0 bridgehead atoms. The van der Waals surface area contributed by atoms with Crippen LogP contribution in [-0.2, 0) is 0 Å². The van der Waals surface area contributed by atoms with Crippen LogP contribution in [0.15, 0.2) is 48.0 Å². The summed E-state index contributed by atoms with van der Waals surface area (Å²) in [5.74, 6) is -0.374. The average Bonchev–Trinajstić information content (AvgIpc) is 2.96. The van der Waals surface area contributed by atoms with Gasteiger partial charge in [0.05, 0.1) is 9.80 Å². The number of hydrogen-bond donors (Lipinski definition) is 0. The average molecular weight is 383 g/mol. The summed E-state index contributed by atoms with van der Waals surface area (Å²) in [6.07, 6.45) is 1.43. The minimum absolute atomic E-state index is 0.0281. The van der Waals surface area contributed by atoms with Crippen LogP contribution in [0.4, 0.5) is 5.69 Å². The highest BCUT2D eigenvalue weighted by Gasteiger charge is 2.19. The SMILES string of the molecule is Cc1c(C(=O)/C(C#N)=C\c2ccc([N+](=O)[O-])cc2)sc2ccc(Cl)cc12. The molecule has 0 aliphatic heterocycles. The Kier molecular flexibility index (Phi) is 4.85. The molecule has 1 heterocycles. The normalized spacial score (nSPS) is 11.3. The van der Waals surface area contributed by atoms with Crippen LogP contribution >= 0.6 is 22.9 Å². The molecule has 3 rings (SSSR count). The van der Waals surface area contributed by atoms with Gasteiger partial charge in [0.15, 0.2) is 0 Å². The maximum absolute atomic E-state index is 12.8. The van der Waals surface area contributed by atoms with Crippen molar-refractivity contribution < 1.29 is 9.72 Å². The number of non-ortho nitro benzene ring substituents is 1. The number of allylic oxidation sites excluding steroid dienone is 1. The van der Waals surface area contributed by atoms with E-state index in [4.69, 9.17) is 11.6 Å². The summed E-state index contributed by atoms with van der Waals surface area (Å²) >= 11 is 7.33. The first-order chi connectivity index (χ1) is 12.4. The number of carbonyl (C=O) groups is 1. The fourth-order valence-corrected chi connectivity index (χ4v) is 3.86. The molecule has 0 aliphatic rings. The van der Waals surface area contributed by atoms with Gasteiger partial charge in [0.2, 0.25) is 5.78 Å². The second-order valence-corrected chi connectivity index (χ2v) is 7.03. The number of Topliss-reactive ketones (excluding diaryl/α,β-unsaturated/α-hetero) is 1. The second-order valence-electron chi connectivity index (χ2n) is 5.54. The molecule has 0 aliphatic carbocycles. The first-order valence-corrected chi connectivity index (χ1v) is 8.69. The van der Waals surface area contributed by atoms with E-state index >= 15 is 0 Å². The van der Waals surface area contributed by atoms with Crippen LogP contribution in [0.2, 0.25) is 5.02 Å². The van der Waals surface area contributed by atoms with E-state index < -0.39 is 4.92 Å². The summed E-state index contributed by atoms with van der Waals surface area (Å²) in [6, 6.07) is 13.0. The van der Waals surface area contributed by atoms with Gasteiger partial charge in [-0.3, -0.25) is 14.9 Å². The summed E-state index contributed by atoms with van der Waals surface area (Å²) in [5.41, 5.74) is 1.24. The van der Waals surface area contributed by atoms with Crippen molar-refractivity contribution in [1.29, 1.82) is 5.26 Å². The van der Waals surface area contributed by atoms with Crippen molar-refractivity contribution in [2.75, 3.05) is 0 Å². The number of nitro benzene ring substituents is 1. The largest absolute Gasteiger partial charge is 0.287 e. The first kappa shape index (κ1) is 17.8. The first-order valence-electron chi connectivity index (χ1n) is 7.50. The molecule has 0 unspecified atom stereocenters. The minimum Gasteiger partial charge on any atom is -0.287 e. The Morgan fingerprint density at radius 3 is 2.58 bits per heavy atom. The van der Waals surface area contributed by atoms with Crippen molar-refractivity contribution in [3.8, 4) is 6.07 Å². The van der Waals surface area contributed by atoms with E-state index in [1.807, 2.05) is 19.1 Å². The smallest absolute Gasteiger partial charge is 0.269 e. The second kappa shape index (κ2) is 7.08. The molecule has 5 nitrogen and oxygen atoms in total. The zero-order valence-corrected chi connectivity index (χ0v) is 15.1. The molecule has 0 atom stereocenters. The van der Waals surface area contributed by atoms with Crippen LogP contribution in [0.5, 0.6) is 0 Å². The van der Waals surface area contributed by atoms with Crippen molar-refractivity contribution in [2.45, 2.75) is 6.92 Å². The molecule has 0 fully saturated rings. The van der Waals surface area contributed by atoms with Crippen LogP contribution in [0.25, 0.3) is 16.2 Å². The highest BCUT2D eigenvalue weighted by atomic mass is 35.5. The summed E-state index contributed by atoms with van der Waals surface area (Å²) in [7, 11) is 0. The molecule has 0 radical (unpaired) electrons. The Morgan fingerprint density at radius 2 is 1.96 bits per heavy atom. The van der Waals surface area contributed by atoms with Crippen molar-refractivity contribution in [3.05, 3.63) is 79.2 Å². The maximum atomic E-state index is 12.8. The molecule has 1 aromatic heterocycles. The van der Waals surface area contributed by atoms with Gasteiger partial charge in [0, 0.05) is 21.9 Å². The molecule has 0 N–H and O–H groups in total. The number of ketones is 1. The fourth-order valence-electron chi connectivity index (χ4n) is 2.54. The van der Waals surface area contributed by atoms with Crippen LogP contribution in [0.3, 0.4) is 0 Å². The number of nitrogens with zero attached hydrogens (tertiary/aromatic N) is 2. The highest BCUT2D eigenvalue weighted by Crippen LogP contribution is 2.34. The summed E-state index contributed by atoms with van der Waals surface area (Å²) < 4.78 is 0.919. The van der Waals surface area contributed by atoms with Gasteiger partial charge in [-0.2, -0.15) is 5.26 Å². The summed E-state index contributed by atoms with van der Waals surface area (Å²) in [6.45, 7) is 1.82.